The number of urea groups is 1. The molecule has 0 saturated carbocycles. The Balaban J connectivity index is 1.52. The molecule has 32 heavy (non-hydrogen) atoms. The number of benzene rings is 2. The summed E-state index contributed by atoms with van der Waals surface area (Å²) in [4.78, 5) is 38.7. The summed E-state index contributed by atoms with van der Waals surface area (Å²) in [5, 5.41) is 8.74. The quantitative estimate of drug-likeness (QED) is 0.576. The Kier molecular flexibility index (Phi) is 4.85. The Bertz CT molecular complexity index is 1150. The number of amides is 4. The molecule has 5 rings (SSSR count). The van der Waals surface area contributed by atoms with E-state index in [1.54, 1.807) is 5.01 Å². The molecule has 0 spiro atoms. The molecule has 2 aromatic rings. The summed E-state index contributed by atoms with van der Waals surface area (Å²) in [6, 6.07) is 14.1. The standard InChI is InChI=1S/C23H20N4O5/c1-2-10-26-22(29)20(21(28)24-23(26)30)16-12-17(27(25-16)15-6-4-3-5-7-15)14-8-9-18-19(11-14)32-13-31-18/h2-9,11,17,20H,1,10,12-13H2,(H,24,28,30). The SMILES string of the molecule is C=CCN1C(=O)NC(=O)C(C2=NN(c3ccccc3)C(c3ccc4c(c3)OCO4)C2)C1=O. The lowest BCUT2D eigenvalue weighted by Gasteiger charge is -2.29. The number of hydrazone groups is 1. The molecule has 0 bridgehead atoms. The monoisotopic (exact) mass is 432 g/mol. The van der Waals surface area contributed by atoms with Crippen molar-refractivity contribution in [3.63, 3.8) is 0 Å². The van der Waals surface area contributed by atoms with Gasteiger partial charge in [-0.1, -0.05) is 30.3 Å². The van der Waals surface area contributed by atoms with Crippen LogP contribution in [0.5, 0.6) is 11.5 Å². The highest BCUT2D eigenvalue weighted by Gasteiger charge is 2.46. The molecule has 1 fully saturated rings. The minimum absolute atomic E-state index is 0.00964. The Morgan fingerprint density at radius 3 is 2.66 bits per heavy atom. The van der Waals surface area contributed by atoms with Crippen molar-refractivity contribution in [2.24, 2.45) is 11.0 Å². The van der Waals surface area contributed by atoms with Crippen LogP contribution in [0.3, 0.4) is 0 Å². The summed E-state index contributed by atoms with van der Waals surface area (Å²) in [6.45, 7) is 3.75. The third-order valence-corrected chi connectivity index (χ3v) is 5.63. The van der Waals surface area contributed by atoms with E-state index in [4.69, 9.17) is 9.47 Å². The van der Waals surface area contributed by atoms with Gasteiger partial charge < -0.3 is 9.47 Å². The fourth-order valence-corrected chi connectivity index (χ4v) is 4.12. The number of para-hydroxylation sites is 1. The number of hydrogen-bond donors (Lipinski definition) is 1. The molecular weight excluding hydrogens is 412 g/mol. The first kappa shape index (κ1) is 19.8. The molecule has 3 aliphatic heterocycles. The summed E-state index contributed by atoms with van der Waals surface area (Å²) >= 11 is 0. The number of hydrogen-bond acceptors (Lipinski definition) is 7. The van der Waals surface area contributed by atoms with Gasteiger partial charge in [-0.15, -0.1) is 6.58 Å². The van der Waals surface area contributed by atoms with E-state index in [9.17, 15) is 14.4 Å². The maximum absolute atomic E-state index is 13.0. The number of nitrogens with one attached hydrogen (secondary N) is 1. The van der Waals surface area contributed by atoms with E-state index in [-0.39, 0.29) is 19.4 Å². The Morgan fingerprint density at radius 1 is 1.09 bits per heavy atom. The molecule has 9 nitrogen and oxygen atoms in total. The van der Waals surface area contributed by atoms with Gasteiger partial charge in [0.2, 0.25) is 18.6 Å². The molecule has 1 saturated heterocycles. The van der Waals surface area contributed by atoms with E-state index in [1.165, 1.54) is 6.08 Å². The number of carbonyl (C=O) groups is 3. The lowest BCUT2D eigenvalue weighted by molar-refractivity contribution is -0.139. The molecule has 0 radical (unpaired) electrons. The topological polar surface area (TPSA) is 101 Å². The lowest BCUT2D eigenvalue weighted by Crippen LogP contribution is -2.59. The first-order valence-corrected chi connectivity index (χ1v) is 10.1. The number of ether oxygens (including phenoxy) is 2. The summed E-state index contributed by atoms with van der Waals surface area (Å²) in [5.41, 5.74) is 2.10. The van der Waals surface area contributed by atoms with Crippen LogP contribution in [-0.2, 0) is 9.59 Å². The predicted octanol–water partition coefficient (Wildman–Crippen LogP) is 2.60. The average Bonchev–Trinajstić information content (AvgIpc) is 3.44. The van der Waals surface area contributed by atoms with Gasteiger partial charge in [0.15, 0.2) is 17.4 Å². The van der Waals surface area contributed by atoms with Crippen LogP contribution in [0.25, 0.3) is 0 Å². The van der Waals surface area contributed by atoms with Crippen molar-refractivity contribution >= 4 is 29.2 Å². The fourth-order valence-electron chi connectivity index (χ4n) is 4.12. The van der Waals surface area contributed by atoms with Crippen LogP contribution < -0.4 is 19.8 Å². The largest absolute Gasteiger partial charge is 0.454 e. The van der Waals surface area contributed by atoms with Gasteiger partial charge in [-0.05, 0) is 29.8 Å². The van der Waals surface area contributed by atoms with Gasteiger partial charge in [-0.3, -0.25) is 24.8 Å². The number of anilines is 1. The van der Waals surface area contributed by atoms with E-state index in [2.05, 4.69) is 17.0 Å². The fraction of sp³-hybridized carbons (Fsp3) is 0.217. The van der Waals surface area contributed by atoms with Gasteiger partial charge in [0, 0.05) is 13.0 Å². The van der Waals surface area contributed by atoms with Crippen LogP contribution in [0.4, 0.5) is 10.5 Å². The smallest absolute Gasteiger partial charge is 0.331 e. The van der Waals surface area contributed by atoms with Crippen LogP contribution >= 0.6 is 0 Å². The van der Waals surface area contributed by atoms with E-state index >= 15 is 0 Å². The van der Waals surface area contributed by atoms with Gasteiger partial charge in [0.25, 0.3) is 0 Å². The molecule has 3 heterocycles. The zero-order valence-electron chi connectivity index (χ0n) is 17.1. The van der Waals surface area contributed by atoms with Gasteiger partial charge in [-0.25, -0.2) is 4.79 Å². The number of rotatable bonds is 5. The summed E-state index contributed by atoms with van der Waals surface area (Å²) < 4.78 is 10.9. The molecule has 4 amide bonds. The zero-order chi connectivity index (χ0) is 22.2. The van der Waals surface area contributed by atoms with Crippen LogP contribution in [-0.4, -0.2) is 41.8 Å². The molecule has 9 heteroatoms. The molecule has 2 aromatic carbocycles. The van der Waals surface area contributed by atoms with Crippen molar-refractivity contribution in [1.82, 2.24) is 10.2 Å². The maximum atomic E-state index is 13.0. The van der Waals surface area contributed by atoms with Crippen molar-refractivity contribution in [1.29, 1.82) is 0 Å². The minimum atomic E-state index is -1.18. The number of carbonyl (C=O) groups excluding carboxylic acids is 3. The number of nitrogens with zero attached hydrogens (tertiary/aromatic N) is 3. The Labute approximate surface area is 183 Å². The first-order chi connectivity index (χ1) is 15.6. The third kappa shape index (κ3) is 3.27. The second kappa shape index (κ2) is 7.84. The highest BCUT2D eigenvalue weighted by atomic mass is 16.7. The minimum Gasteiger partial charge on any atom is -0.454 e. The van der Waals surface area contributed by atoms with Crippen LogP contribution in [0.15, 0.2) is 66.3 Å². The van der Waals surface area contributed by atoms with Crippen LogP contribution in [0.1, 0.15) is 18.0 Å². The lowest BCUT2D eigenvalue weighted by atomic mass is 9.92. The number of imide groups is 2. The summed E-state index contributed by atoms with van der Waals surface area (Å²) in [6.07, 6.45) is 1.76. The second-order valence-corrected chi connectivity index (χ2v) is 7.57. The molecule has 2 atom stereocenters. The highest BCUT2D eigenvalue weighted by molar-refractivity contribution is 6.28. The van der Waals surface area contributed by atoms with Gasteiger partial charge >= 0.3 is 6.03 Å². The molecule has 2 unspecified atom stereocenters. The Hall–Kier alpha value is -4.14. The average molecular weight is 432 g/mol. The van der Waals surface area contributed by atoms with E-state index in [0.717, 1.165) is 16.2 Å². The van der Waals surface area contributed by atoms with Crippen LogP contribution in [0, 0.1) is 5.92 Å². The number of fused-ring (bicyclic) bond motifs is 1. The normalized spacial score (nSPS) is 22.1. The molecule has 0 aromatic heterocycles. The van der Waals surface area contributed by atoms with Crippen molar-refractivity contribution in [3.05, 3.63) is 66.7 Å². The van der Waals surface area contributed by atoms with Crippen molar-refractivity contribution in [3.8, 4) is 11.5 Å². The molecular formula is C23H20N4O5. The van der Waals surface area contributed by atoms with E-state index < -0.39 is 23.8 Å². The maximum Gasteiger partial charge on any atom is 0.331 e. The third-order valence-electron chi connectivity index (χ3n) is 5.63. The number of barbiturate groups is 1. The zero-order valence-corrected chi connectivity index (χ0v) is 17.1. The first-order valence-electron chi connectivity index (χ1n) is 10.1. The second-order valence-electron chi connectivity index (χ2n) is 7.57. The van der Waals surface area contributed by atoms with Crippen LogP contribution in [0.2, 0.25) is 0 Å². The van der Waals surface area contributed by atoms with Crippen molar-refractivity contribution in [2.75, 3.05) is 18.3 Å². The van der Waals surface area contributed by atoms with E-state index in [1.807, 2.05) is 48.5 Å². The summed E-state index contributed by atoms with van der Waals surface area (Å²) in [7, 11) is 0. The Morgan fingerprint density at radius 2 is 1.88 bits per heavy atom. The molecule has 0 aliphatic carbocycles. The highest BCUT2D eigenvalue weighted by Crippen LogP contribution is 2.41. The van der Waals surface area contributed by atoms with Gasteiger partial charge in [0.1, 0.15) is 0 Å². The predicted molar refractivity (Wildman–Crippen MR) is 115 cm³/mol. The molecule has 162 valence electrons. The van der Waals surface area contributed by atoms with Gasteiger partial charge in [-0.2, -0.15) is 5.10 Å². The van der Waals surface area contributed by atoms with E-state index in [0.29, 0.717) is 23.6 Å². The molecule has 3 aliphatic rings. The summed E-state index contributed by atoms with van der Waals surface area (Å²) in [5.74, 6) is -1.15. The van der Waals surface area contributed by atoms with Crippen molar-refractivity contribution in [2.45, 2.75) is 12.5 Å². The molecule has 1 N–H and O–H groups in total. The van der Waals surface area contributed by atoms with Gasteiger partial charge in [0.05, 0.1) is 17.4 Å². The van der Waals surface area contributed by atoms with Crippen molar-refractivity contribution < 1.29 is 23.9 Å².